The summed E-state index contributed by atoms with van der Waals surface area (Å²) in [6.07, 6.45) is 9.39. The van der Waals surface area contributed by atoms with E-state index in [-0.39, 0.29) is 35.8 Å². The standard InChI is InChI=1S/C24H35N5O.HI/c1-3-25-24(26-13-12-18-15-27-22-16(2)6-4-9-21(18)22)29-20-8-5-7-17(14-20)23(30)28-19-10-11-19;/h4,6,9,15,17,19-20,27H,3,5,7-8,10-14H2,1-2H3,(H,28,30)(H2,25,26,29);1H. The zero-order valence-corrected chi connectivity index (χ0v) is 21.0. The summed E-state index contributed by atoms with van der Waals surface area (Å²) in [6, 6.07) is 7.18. The summed E-state index contributed by atoms with van der Waals surface area (Å²) in [7, 11) is 0. The molecule has 4 N–H and O–H groups in total. The summed E-state index contributed by atoms with van der Waals surface area (Å²) >= 11 is 0. The number of nitrogens with zero attached hydrogens (tertiary/aromatic N) is 1. The van der Waals surface area contributed by atoms with E-state index in [1.165, 1.54) is 22.0 Å². The van der Waals surface area contributed by atoms with Crippen LogP contribution in [0.2, 0.25) is 0 Å². The molecule has 31 heavy (non-hydrogen) atoms. The van der Waals surface area contributed by atoms with Gasteiger partial charge in [-0.25, -0.2) is 0 Å². The lowest BCUT2D eigenvalue weighted by Crippen LogP contribution is -2.47. The molecule has 1 heterocycles. The lowest BCUT2D eigenvalue weighted by atomic mass is 9.85. The Hall–Kier alpha value is -1.77. The van der Waals surface area contributed by atoms with Crippen LogP contribution in [0.5, 0.6) is 0 Å². The number of benzene rings is 1. The van der Waals surface area contributed by atoms with Crippen molar-refractivity contribution in [3.05, 3.63) is 35.5 Å². The highest BCUT2D eigenvalue weighted by atomic mass is 127. The molecule has 2 aliphatic rings. The van der Waals surface area contributed by atoms with Gasteiger partial charge in [0.25, 0.3) is 0 Å². The Morgan fingerprint density at radius 1 is 1.16 bits per heavy atom. The number of amides is 1. The van der Waals surface area contributed by atoms with Crippen molar-refractivity contribution < 1.29 is 4.79 Å². The lowest BCUT2D eigenvalue weighted by molar-refractivity contribution is -0.126. The van der Waals surface area contributed by atoms with Crippen LogP contribution in [0.1, 0.15) is 56.6 Å². The van der Waals surface area contributed by atoms with Crippen LogP contribution in [0, 0.1) is 12.8 Å². The number of rotatable bonds is 7. The van der Waals surface area contributed by atoms with Gasteiger partial charge in [0.05, 0.1) is 0 Å². The summed E-state index contributed by atoms with van der Waals surface area (Å²) in [4.78, 5) is 20.7. The molecule has 6 nitrogen and oxygen atoms in total. The molecule has 0 aliphatic heterocycles. The lowest BCUT2D eigenvalue weighted by Gasteiger charge is -2.30. The van der Waals surface area contributed by atoms with Crippen molar-refractivity contribution in [2.45, 2.75) is 70.9 Å². The van der Waals surface area contributed by atoms with Gasteiger partial charge in [0, 0.05) is 48.2 Å². The van der Waals surface area contributed by atoms with Gasteiger partial charge in [-0.1, -0.05) is 24.6 Å². The number of para-hydroxylation sites is 1. The first-order chi connectivity index (χ1) is 14.6. The second kappa shape index (κ2) is 11.2. The fraction of sp³-hybridized carbons (Fsp3) is 0.583. The number of hydrogen-bond acceptors (Lipinski definition) is 2. The zero-order chi connectivity index (χ0) is 20.9. The summed E-state index contributed by atoms with van der Waals surface area (Å²) in [5, 5.41) is 11.4. The largest absolute Gasteiger partial charge is 0.361 e. The zero-order valence-electron chi connectivity index (χ0n) is 18.7. The molecule has 2 unspecified atom stereocenters. The summed E-state index contributed by atoms with van der Waals surface area (Å²) in [5.74, 6) is 1.25. The Balaban J connectivity index is 0.00000272. The summed E-state index contributed by atoms with van der Waals surface area (Å²) in [6.45, 7) is 5.79. The molecular weight excluding hydrogens is 501 g/mol. The monoisotopic (exact) mass is 537 g/mol. The minimum absolute atomic E-state index is 0. The molecular formula is C24H36IN5O. The molecule has 7 heteroatoms. The van der Waals surface area contributed by atoms with Crippen molar-refractivity contribution in [2.24, 2.45) is 10.9 Å². The van der Waals surface area contributed by atoms with Gasteiger partial charge in [-0.3, -0.25) is 9.79 Å². The maximum Gasteiger partial charge on any atom is 0.223 e. The maximum absolute atomic E-state index is 12.5. The molecule has 0 spiro atoms. The van der Waals surface area contributed by atoms with E-state index in [1.807, 2.05) is 0 Å². The van der Waals surface area contributed by atoms with E-state index < -0.39 is 0 Å². The van der Waals surface area contributed by atoms with Crippen LogP contribution in [0.3, 0.4) is 0 Å². The number of hydrogen-bond donors (Lipinski definition) is 4. The van der Waals surface area contributed by atoms with Gasteiger partial charge in [0.15, 0.2) is 5.96 Å². The third-order valence-electron chi connectivity index (χ3n) is 6.31. The van der Waals surface area contributed by atoms with Crippen LogP contribution < -0.4 is 16.0 Å². The van der Waals surface area contributed by atoms with Crippen molar-refractivity contribution in [2.75, 3.05) is 13.1 Å². The average molecular weight is 537 g/mol. The van der Waals surface area contributed by atoms with E-state index >= 15 is 0 Å². The Labute approximate surface area is 202 Å². The fourth-order valence-corrected chi connectivity index (χ4v) is 4.48. The number of aromatic nitrogens is 1. The van der Waals surface area contributed by atoms with E-state index in [1.54, 1.807) is 0 Å². The van der Waals surface area contributed by atoms with Crippen molar-refractivity contribution in [3.8, 4) is 0 Å². The molecule has 1 amide bonds. The third-order valence-corrected chi connectivity index (χ3v) is 6.31. The first kappa shape index (κ1) is 23.9. The van der Waals surface area contributed by atoms with Crippen molar-refractivity contribution in [1.82, 2.24) is 20.9 Å². The van der Waals surface area contributed by atoms with Crippen LogP contribution in [0.15, 0.2) is 29.4 Å². The first-order valence-electron chi connectivity index (χ1n) is 11.5. The highest BCUT2D eigenvalue weighted by Gasteiger charge is 2.31. The van der Waals surface area contributed by atoms with Gasteiger partial charge < -0.3 is 20.9 Å². The molecule has 1 aromatic carbocycles. The van der Waals surface area contributed by atoms with Crippen LogP contribution in [0.4, 0.5) is 0 Å². The molecule has 0 saturated heterocycles. The van der Waals surface area contributed by atoms with E-state index in [0.717, 1.165) is 64.0 Å². The second-order valence-corrected chi connectivity index (χ2v) is 8.81. The fourth-order valence-electron chi connectivity index (χ4n) is 4.48. The van der Waals surface area contributed by atoms with Crippen LogP contribution in [0.25, 0.3) is 10.9 Å². The number of nitrogens with one attached hydrogen (secondary N) is 4. The van der Waals surface area contributed by atoms with Crippen molar-refractivity contribution >= 4 is 46.7 Å². The molecule has 2 atom stereocenters. The number of aliphatic imine (C=N–C) groups is 1. The van der Waals surface area contributed by atoms with E-state index in [9.17, 15) is 4.79 Å². The number of carbonyl (C=O) groups is 1. The molecule has 2 aromatic rings. The summed E-state index contributed by atoms with van der Waals surface area (Å²) in [5.41, 5.74) is 3.80. The molecule has 4 rings (SSSR count). The summed E-state index contributed by atoms with van der Waals surface area (Å²) < 4.78 is 0. The van der Waals surface area contributed by atoms with Crippen LogP contribution in [-0.4, -0.2) is 42.0 Å². The number of carbonyl (C=O) groups excluding carboxylic acids is 1. The average Bonchev–Trinajstić information content (AvgIpc) is 3.46. The van der Waals surface area contributed by atoms with Gasteiger partial charge in [-0.15, -0.1) is 24.0 Å². The van der Waals surface area contributed by atoms with Gasteiger partial charge >= 0.3 is 0 Å². The number of halogens is 1. The number of aromatic amines is 1. The smallest absolute Gasteiger partial charge is 0.223 e. The van der Waals surface area contributed by atoms with Crippen LogP contribution >= 0.6 is 24.0 Å². The van der Waals surface area contributed by atoms with Gasteiger partial charge in [0.2, 0.25) is 5.91 Å². The molecule has 2 saturated carbocycles. The molecule has 170 valence electrons. The van der Waals surface area contributed by atoms with Gasteiger partial charge in [-0.2, -0.15) is 0 Å². The minimum atomic E-state index is 0. The highest BCUT2D eigenvalue weighted by molar-refractivity contribution is 14.0. The number of aryl methyl sites for hydroxylation is 1. The van der Waals surface area contributed by atoms with E-state index in [2.05, 4.69) is 59.2 Å². The third kappa shape index (κ3) is 6.37. The maximum atomic E-state index is 12.5. The van der Waals surface area contributed by atoms with Crippen molar-refractivity contribution in [1.29, 1.82) is 0 Å². The molecule has 0 bridgehead atoms. The topological polar surface area (TPSA) is 81.3 Å². The molecule has 0 radical (unpaired) electrons. The van der Waals surface area contributed by atoms with Gasteiger partial charge in [0.1, 0.15) is 0 Å². The molecule has 2 aliphatic carbocycles. The number of H-pyrrole nitrogens is 1. The Morgan fingerprint density at radius 2 is 2.00 bits per heavy atom. The number of guanidine groups is 1. The number of fused-ring (bicyclic) bond motifs is 1. The molecule has 2 fully saturated rings. The SMILES string of the molecule is CCNC(=NCCc1c[nH]c2c(C)cccc12)NC1CCCC(C(=O)NC2CC2)C1.I. The Morgan fingerprint density at radius 3 is 2.77 bits per heavy atom. The van der Waals surface area contributed by atoms with Gasteiger partial charge in [-0.05, 0) is 63.5 Å². The minimum Gasteiger partial charge on any atom is -0.361 e. The van der Waals surface area contributed by atoms with E-state index in [4.69, 9.17) is 4.99 Å². The van der Waals surface area contributed by atoms with E-state index in [0.29, 0.717) is 12.1 Å². The predicted molar refractivity (Wildman–Crippen MR) is 138 cm³/mol. The van der Waals surface area contributed by atoms with Crippen molar-refractivity contribution in [3.63, 3.8) is 0 Å². The highest BCUT2D eigenvalue weighted by Crippen LogP contribution is 2.27. The van der Waals surface area contributed by atoms with Crippen LogP contribution in [-0.2, 0) is 11.2 Å². The first-order valence-corrected chi connectivity index (χ1v) is 11.5. The predicted octanol–water partition coefficient (Wildman–Crippen LogP) is 4.03. The molecule has 1 aromatic heterocycles. The second-order valence-electron chi connectivity index (χ2n) is 8.81. The quantitative estimate of drug-likeness (QED) is 0.245. The normalized spacial score (nSPS) is 21.4. The Kier molecular flexibility index (Phi) is 8.63. The Bertz CT molecular complexity index is 905.